The van der Waals surface area contributed by atoms with Gasteiger partial charge < -0.3 is 14.2 Å². The fraction of sp³-hybridized carbons (Fsp3) is 0.400. The molecule has 4 rings (SSSR count). The topological polar surface area (TPSA) is 68.5 Å². The van der Waals surface area contributed by atoms with E-state index < -0.39 is 0 Å². The van der Waals surface area contributed by atoms with Crippen LogP contribution in [0.25, 0.3) is 0 Å². The van der Waals surface area contributed by atoms with Crippen LogP contribution >= 0.6 is 0 Å². The minimum Gasteiger partial charge on any atom is -0.487 e. The summed E-state index contributed by atoms with van der Waals surface area (Å²) < 4.78 is 10.9. The van der Waals surface area contributed by atoms with Crippen molar-refractivity contribution in [3.63, 3.8) is 0 Å². The second kappa shape index (κ2) is 9.77. The van der Waals surface area contributed by atoms with Gasteiger partial charge in [0.25, 0.3) is 0 Å². The van der Waals surface area contributed by atoms with Gasteiger partial charge in [-0.15, -0.1) is 0 Å². The highest BCUT2D eigenvalue weighted by atomic mass is 16.5. The first-order valence-corrected chi connectivity index (χ1v) is 10.9. The second-order valence-electron chi connectivity index (χ2n) is 8.30. The zero-order valence-corrected chi connectivity index (χ0v) is 18.2. The maximum atomic E-state index is 12.7. The number of hydrogen-bond acceptors (Lipinski definition) is 5. The molecule has 1 aliphatic rings. The van der Waals surface area contributed by atoms with Gasteiger partial charge in [-0.2, -0.15) is 0 Å². The maximum Gasteiger partial charge on any atom is 0.227 e. The third-order valence-corrected chi connectivity index (χ3v) is 6.06. The lowest BCUT2D eigenvalue weighted by Crippen LogP contribution is -2.39. The number of aromatic nitrogens is 2. The van der Waals surface area contributed by atoms with Crippen molar-refractivity contribution in [2.24, 2.45) is 5.92 Å². The van der Waals surface area contributed by atoms with Gasteiger partial charge in [0.1, 0.15) is 18.1 Å². The molecule has 6 heteroatoms. The highest BCUT2D eigenvalue weighted by molar-refractivity contribution is 5.79. The number of carbonyl (C=O) groups is 1. The highest BCUT2D eigenvalue weighted by Gasteiger charge is 2.24. The van der Waals surface area contributed by atoms with Gasteiger partial charge in [-0.1, -0.05) is 29.4 Å². The lowest BCUT2D eigenvalue weighted by atomic mass is 9.89. The lowest BCUT2D eigenvalue weighted by Gasteiger charge is -2.32. The average Bonchev–Trinajstić information content (AvgIpc) is 3.12. The Hall–Kier alpha value is -3.15. The molecule has 6 nitrogen and oxygen atoms in total. The summed E-state index contributed by atoms with van der Waals surface area (Å²) in [6.07, 6.45) is 6.98. The quantitative estimate of drug-likeness (QED) is 0.571. The Bertz CT molecular complexity index is 971. The molecule has 1 fully saturated rings. The Morgan fingerprint density at radius 1 is 1.13 bits per heavy atom. The van der Waals surface area contributed by atoms with Gasteiger partial charge in [0.15, 0.2) is 0 Å². The molecule has 0 radical (unpaired) electrons. The molecular weight excluding hydrogens is 390 g/mol. The van der Waals surface area contributed by atoms with E-state index in [-0.39, 0.29) is 5.91 Å². The van der Waals surface area contributed by atoms with E-state index in [2.05, 4.69) is 34.4 Å². The zero-order chi connectivity index (χ0) is 21.6. The summed E-state index contributed by atoms with van der Waals surface area (Å²) in [5, 5.41) is 3.95. The van der Waals surface area contributed by atoms with Crippen molar-refractivity contribution in [1.82, 2.24) is 15.0 Å². The number of piperidine rings is 1. The van der Waals surface area contributed by atoms with Gasteiger partial charge in [0.2, 0.25) is 5.91 Å². The number of hydrogen-bond donors (Lipinski definition) is 0. The van der Waals surface area contributed by atoms with Crippen LogP contribution in [-0.2, 0) is 24.2 Å². The molecule has 0 unspecified atom stereocenters. The van der Waals surface area contributed by atoms with Crippen molar-refractivity contribution in [3.05, 3.63) is 76.9 Å². The van der Waals surface area contributed by atoms with Crippen molar-refractivity contribution in [2.75, 3.05) is 13.1 Å². The molecule has 3 aromatic rings. The minimum atomic E-state index is 0.172. The molecule has 3 heterocycles. The van der Waals surface area contributed by atoms with Crippen LogP contribution in [0.4, 0.5) is 0 Å². The average molecular weight is 420 g/mol. The normalized spacial score (nSPS) is 14.6. The SMILES string of the molecule is Cc1noc(C)c1CC(=O)N1CCC(Cc2ccc(COc3cccnc3)cc2)CC1. The fourth-order valence-electron chi connectivity index (χ4n) is 4.11. The molecule has 1 amide bonds. The van der Waals surface area contributed by atoms with Crippen LogP contribution in [0.3, 0.4) is 0 Å². The van der Waals surface area contributed by atoms with Crippen LogP contribution in [0.5, 0.6) is 5.75 Å². The third-order valence-electron chi connectivity index (χ3n) is 6.06. The van der Waals surface area contributed by atoms with E-state index in [1.807, 2.05) is 30.9 Å². The van der Waals surface area contributed by atoms with Crippen molar-refractivity contribution in [2.45, 2.75) is 46.1 Å². The molecule has 0 atom stereocenters. The zero-order valence-electron chi connectivity index (χ0n) is 18.2. The second-order valence-corrected chi connectivity index (χ2v) is 8.30. The number of aryl methyl sites for hydroxylation is 2. The van der Waals surface area contributed by atoms with Gasteiger partial charge in [0, 0.05) is 24.8 Å². The number of pyridine rings is 1. The van der Waals surface area contributed by atoms with Crippen LogP contribution in [0.2, 0.25) is 0 Å². The molecule has 1 saturated heterocycles. The predicted octanol–water partition coefficient (Wildman–Crippen LogP) is 4.29. The van der Waals surface area contributed by atoms with Gasteiger partial charge in [-0.3, -0.25) is 9.78 Å². The molecule has 0 spiro atoms. The van der Waals surface area contributed by atoms with E-state index in [0.717, 1.165) is 60.7 Å². The van der Waals surface area contributed by atoms with E-state index in [9.17, 15) is 4.79 Å². The Balaban J connectivity index is 1.23. The summed E-state index contributed by atoms with van der Waals surface area (Å²) in [7, 11) is 0. The Kier molecular flexibility index (Phi) is 6.65. The summed E-state index contributed by atoms with van der Waals surface area (Å²) in [5.74, 6) is 2.31. The number of carbonyl (C=O) groups excluding carboxylic acids is 1. The smallest absolute Gasteiger partial charge is 0.227 e. The monoisotopic (exact) mass is 419 g/mol. The summed E-state index contributed by atoms with van der Waals surface area (Å²) in [6.45, 7) is 5.94. The van der Waals surface area contributed by atoms with Crippen molar-refractivity contribution >= 4 is 5.91 Å². The predicted molar refractivity (Wildman–Crippen MR) is 118 cm³/mol. The van der Waals surface area contributed by atoms with Crippen LogP contribution < -0.4 is 4.74 Å². The van der Waals surface area contributed by atoms with Gasteiger partial charge in [0.05, 0.1) is 18.3 Å². The first-order valence-electron chi connectivity index (χ1n) is 10.9. The van der Waals surface area contributed by atoms with Gasteiger partial charge in [-0.25, -0.2) is 0 Å². The standard InChI is InChI=1S/C25H29N3O3/c1-18-24(19(2)31-27-18)15-25(29)28-12-9-21(10-13-28)14-20-5-7-22(8-6-20)17-30-23-4-3-11-26-16-23/h3-8,11,16,21H,9-10,12-15,17H2,1-2H3. The lowest BCUT2D eigenvalue weighted by molar-refractivity contribution is -0.131. The van der Waals surface area contributed by atoms with Crippen LogP contribution in [0.1, 0.15) is 41.0 Å². The summed E-state index contributed by atoms with van der Waals surface area (Å²) in [4.78, 5) is 18.7. The molecule has 2 aromatic heterocycles. The van der Waals surface area contributed by atoms with E-state index in [4.69, 9.17) is 9.26 Å². The Morgan fingerprint density at radius 3 is 2.52 bits per heavy atom. The molecule has 0 bridgehead atoms. The van der Waals surface area contributed by atoms with Crippen molar-refractivity contribution < 1.29 is 14.1 Å². The van der Waals surface area contributed by atoms with Crippen LogP contribution in [-0.4, -0.2) is 34.0 Å². The summed E-state index contributed by atoms with van der Waals surface area (Å²) in [5.41, 5.74) is 4.23. The fourth-order valence-corrected chi connectivity index (χ4v) is 4.11. The van der Waals surface area contributed by atoms with E-state index in [0.29, 0.717) is 18.9 Å². The minimum absolute atomic E-state index is 0.172. The molecule has 1 aliphatic heterocycles. The number of ether oxygens (including phenoxy) is 1. The molecular formula is C25H29N3O3. The van der Waals surface area contributed by atoms with E-state index in [1.54, 1.807) is 12.4 Å². The van der Waals surface area contributed by atoms with Gasteiger partial charge >= 0.3 is 0 Å². The first-order chi connectivity index (χ1) is 15.1. The molecule has 0 N–H and O–H groups in total. The highest BCUT2D eigenvalue weighted by Crippen LogP contribution is 2.23. The molecule has 0 saturated carbocycles. The first kappa shape index (κ1) is 21.1. The largest absolute Gasteiger partial charge is 0.487 e. The van der Waals surface area contributed by atoms with Crippen LogP contribution in [0.15, 0.2) is 53.3 Å². The molecule has 31 heavy (non-hydrogen) atoms. The third kappa shape index (κ3) is 5.51. The van der Waals surface area contributed by atoms with Crippen LogP contribution in [0, 0.1) is 19.8 Å². The van der Waals surface area contributed by atoms with E-state index in [1.165, 1.54) is 5.56 Å². The van der Waals surface area contributed by atoms with E-state index >= 15 is 0 Å². The summed E-state index contributed by atoms with van der Waals surface area (Å²) in [6, 6.07) is 12.4. The maximum absolute atomic E-state index is 12.7. The van der Waals surface area contributed by atoms with Crippen molar-refractivity contribution in [1.29, 1.82) is 0 Å². The molecule has 0 aliphatic carbocycles. The molecule has 1 aromatic carbocycles. The Morgan fingerprint density at radius 2 is 1.87 bits per heavy atom. The Labute approximate surface area is 183 Å². The number of likely N-dealkylation sites (tertiary alicyclic amines) is 1. The molecule has 162 valence electrons. The summed E-state index contributed by atoms with van der Waals surface area (Å²) >= 11 is 0. The number of benzene rings is 1. The number of nitrogens with zero attached hydrogens (tertiary/aromatic N) is 3. The number of amides is 1. The number of rotatable bonds is 7. The van der Waals surface area contributed by atoms with Crippen molar-refractivity contribution in [3.8, 4) is 5.75 Å². The van der Waals surface area contributed by atoms with Gasteiger partial charge in [-0.05, 0) is 62.3 Å².